The SMILES string of the molecule is Cc1cccc(-c2nc(C3CCN(S(=O)(=O)c4ccc(C)c(Cl)c4)CC3)no2)c1. The van der Waals surface area contributed by atoms with Crippen molar-refractivity contribution in [1.29, 1.82) is 0 Å². The standard InChI is InChI=1S/C21H22ClN3O3S/c1-14-4-3-5-17(12-14)21-23-20(24-28-21)16-8-10-25(11-9-16)29(26,27)18-7-6-15(2)19(22)13-18/h3-7,12-13,16H,8-11H2,1-2H3. The summed E-state index contributed by atoms with van der Waals surface area (Å²) in [5.74, 6) is 1.20. The lowest BCUT2D eigenvalue weighted by Gasteiger charge is -2.29. The normalized spacial score (nSPS) is 16.2. The molecule has 3 aromatic rings. The van der Waals surface area contributed by atoms with E-state index in [0.717, 1.165) is 16.7 Å². The zero-order valence-electron chi connectivity index (χ0n) is 16.3. The van der Waals surface area contributed by atoms with E-state index in [2.05, 4.69) is 10.1 Å². The van der Waals surface area contributed by atoms with Crippen LogP contribution in [-0.4, -0.2) is 36.0 Å². The van der Waals surface area contributed by atoms with Gasteiger partial charge in [-0.1, -0.05) is 40.5 Å². The van der Waals surface area contributed by atoms with Gasteiger partial charge in [0.15, 0.2) is 5.82 Å². The highest BCUT2D eigenvalue weighted by atomic mass is 35.5. The number of rotatable bonds is 4. The van der Waals surface area contributed by atoms with E-state index in [1.165, 1.54) is 10.4 Å². The number of piperidine rings is 1. The van der Waals surface area contributed by atoms with Crippen LogP contribution in [0.25, 0.3) is 11.5 Å². The van der Waals surface area contributed by atoms with Gasteiger partial charge in [0.1, 0.15) is 0 Å². The van der Waals surface area contributed by atoms with Crippen LogP contribution in [0.5, 0.6) is 0 Å². The van der Waals surface area contributed by atoms with Crippen LogP contribution in [0.15, 0.2) is 51.9 Å². The van der Waals surface area contributed by atoms with Crippen molar-refractivity contribution in [2.75, 3.05) is 13.1 Å². The van der Waals surface area contributed by atoms with Crippen molar-refractivity contribution in [3.8, 4) is 11.5 Å². The molecular formula is C21H22ClN3O3S. The minimum atomic E-state index is -3.56. The van der Waals surface area contributed by atoms with E-state index in [0.29, 0.717) is 42.7 Å². The van der Waals surface area contributed by atoms with Gasteiger partial charge in [0.05, 0.1) is 4.90 Å². The fourth-order valence-electron chi connectivity index (χ4n) is 3.53. The minimum absolute atomic E-state index is 0.0744. The summed E-state index contributed by atoms with van der Waals surface area (Å²) in [4.78, 5) is 4.78. The Bertz CT molecular complexity index is 1140. The zero-order chi connectivity index (χ0) is 20.6. The van der Waals surface area contributed by atoms with E-state index in [-0.39, 0.29) is 10.8 Å². The number of aromatic nitrogens is 2. The molecule has 4 rings (SSSR count). The van der Waals surface area contributed by atoms with E-state index < -0.39 is 10.0 Å². The average Bonchev–Trinajstić information content (AvgIpc) is 3.20. The molecule has 1 aliphatic rings. The maximum absolute atomic E-state index is 12.9. The molecular weight excluding hydrogens is 410 g/mol. The van der Waals surface area contributed by atoms with Crippen molar-refractivity contribution in [3.05, 3.63) is 64.4 Å². The van der Waals surface area contributed by atoms with E-state index in [1.54, 1.807) is 12.1 Å². The highest BCUT2D eigenvalue weighted by Crippen LogP contribution is 2.31. The number of hydrogen-bond acceptors (Lipinski definition) is 5. The van der Waals surface area contributed by atoms with Crippen molar-refractivity contribution in [3.63, 3.8) is 0 Å². The van der Waals surface area contributed by atoms with E-state index in [4.69, 9.17) is 16.1 Å². The largest absolute Gasteiger partial charge is 0.334 e. The number of halogens is 1. The Morgan fingerprint density at radius 2 is 1.86 bits per heavy atom. The first kappa shape index (κ1) is 20.1. The molecule has 8 heteroatoms. The number of nitrogens with zero attached hydrogens (tertiary/aromatic N) is 3. The monoisotopic (exact) mass is 431 g/mol. The van der Waals surface area contributed by atoms with Crippen LogP contribution < -0.4 is 0 Å². The van der Waals surface area contributed by atoms with Crippen molar-refractivity contribution >= 4 is 21.6 Å². The minimum Gasteiger partial charge on any atom is -0.334 e. The maximum Gasteiger partial charge on any atom is 0.257 e. The molecule has 0 radical (unpaired) electrons. The molecule has 0 atom stereocenters. The third kappa shape index (κ3) is 4.08. The molecule has 0 aliphatic carbocycles. The van der Waals surface area contributed by atoms with Crippen LogP contribution >= 0.6 is 11.6 Å². The topological polar surface area (TPSA) is 76.3 Å². The summed E-state index contributed by atoms with van der Waals surface area (Å²) >= 11 is 6.11. The summed E-state index contributed by atoms with van der Waals surface area (Å²) in [5, 5.41) is 4.60. The fourth-order valence-corrected chi connectivity index (χ4v) is 5.28. The van der Waals surface area contributed by atoms with Crippen molar-refractivity contribution in [2.24, 2.45) is 0 Å². The predicted molar refractivity (Wildman–Crippen MR) is 111 cm³/mol. The Kier molecular flexibility index (Phi) is 5.46. The summed E-state index contributed by atoms with van der Waals surface area (Å²) in [6, 6.07) is 12.8. The summed E-state index contributed by atoms with van der Waals surface area (Å²) in [7, 11) is -3.56. The van der Waals surface area contributed by atoms with Crippen molar-refractivity contribution in [2.45, 2.75) is 37.5 Å². The van der Waals surface area contributed by atoms with Crippen molar-refractivity contribution in [1.82, 2.24) is 14.4 Å². The first-order valence-electron chi connectivity index (χ1n) is 9.51. The van der Waals surface area contributed by atoms with Crippen LogP contribution in [0.1, 0.15) is 35.7 Å². The van der Waals surface area contributed by atoms with Crippen LogP contribution in [-0.2, 0) is 10.0 Å². The second kappa shape index (κ2) is 7.89. The fraction of sp³-hybridized carbons (Fsp3) is 0.333. The molecule has 6 nitrogen and oxygen atoms in total. The van der Waals surface area contributed by atoms with Crippen LogP contribution in [0.4, 0.5) is 0 Å². The second-order valence-electron chi connectivity index (χ2n) is 7.42. The highest BCUT2D eigenvalue weighted by molar-refractivity contribution is 7.89. The van der Waals surface area contributed by atoms with Crippen LogP contribution in [0, 0.1) is 13.8 Å². The molecule has 1 aliphatic heterocycles. The molecule has 0 unspecified atom stereocenters. The predicted octanol–water partition coefficient (Wildman–Crippen LogP) is 4.58. The molecule has 0 bridgehead atoms. The van der Waals surface area contributed by atoms with Gasteiger partial charge in [-0.25, -0.2) is 8.42 Å². The third-order valence-electron chi connectivity index (χ3n) is 5.31. The zero-order valence-corrected chi connectivity index (χ0v) is 17.9. The Balaban J connectivity index is 1.46. The molecule has 0 spiro atoms. The van der Waals surface area contributed by atoms with Crippen LogP contribution in [0.3, 0.4) is 0 Å². The van der Waals surface area contributed by atoms with Gasteiger partial charge in [-0.2, -0.15) is 9.29 Å². The van der Waals surface area contributed by atoms with Gasteiger partial charge in [0.2, 0.25) is 10.0 Å². The number of benzene rings is 2. The van der Waals surface area contributed by atoms with E-state index >= 15 is 0 Å². The number of aryl methyl sites for hydroxylation is 2. The maximum atomic E-state index is 12.9. The van der Waals surface area contributed by atoms with Crippen molar-refractivity contribution < 1.29 is 12.9 Å². The summed E-state index contributed by atoms with van der Waals surface area (Å²) in [5.41, 5.74) is 2.86. The number of hydrogen-bond donors (Lipinski definition) is 0. The Hall–Kier alpha value is -2.22. The molecule has 1 saturated heterocycles. The molecule has 0 N–H and O–H groups in total. The molecule has 0 saturated carbocycles. The quantitative estimate of drug-likeness (QED) is 0.604. The first-order valence-corrected chi connectivity index (χ1v) is 11.3. The Morgan fingerprint density at radius 3 is 2.55 bits per heavy atom. The summed E-state index contributed by atoms with van der Waals surface area (Å²) in [6.45, 7) is 4.68. The molecule has 1 fully saturated rings. The molecule has 0 amide bonds. The average molecular weight is 432 g/mol. The van der Waals surface area contributed by atoms with Gasteiger partial charge in [-0.3, -0.25) is 0 Å². The van der Waals surface area contributed by atoms with E-state index in [9.17, 15) is 8.42 Å². The van der Waals surface area contributed by atoms with E-state index in [1.807, 2.05) is 38.1 Å². The third-order valence-corrected chi connectivity index (χ3v) is 7.61. The molecule has 152 valence electrons. The Labute approximate surface area is 175 Å². The van der Waals surface area contributed by atoms with Gasteiger partial charge in [-0.05, 0) is 56.5 Å². The highest BCUT2D eigenvalue weighted by Gasteiger charge is 2.32. The molecule has 2 heterocycles. The first-order chi connectivity index (χ1) is 13.8. The van der Waals surface area contributed by atoms with Crippen LogP contribution in [0.2, 0.25) is 5.02 Å². The summed E-state index contributed by atoms with van der Waals surface area (Å²) in [6.07, 6.45) is 1.29. The van der Waals surface area contributed by atoms with Gasteiger partial charge in [0, 0.05) is 29.6 Å². The van der Waals surface area contributed by atoms with Gasteiger partial charge in [0.25, 0.3) is 5.89 Å². The lowest BCUT2D eigenvalue weighted by atomic mass is 9.97. The van der Waals surface area contributed by atoms with Gasteiger partial charge in [-0.15, -0.1) is 0 Å². The lowest BCUT2D eigenvalue weighted by Crippen LogP contribution is -2.38. The van der Waals surface area contributed by atoms with Gasteiger partial charge >= 0.3 is 0 Å². The second-order valence-corrected chi connectivity index (χ2v) is 9.76. The summed E-state index contributed by atoms with van der Waals surface area (Å²) < 4.78 is 32.8. The smallest absolute Gasteiger partial charge is 0.257 e. The molecule has 1 aromatic heterocycles. The molecule has 2 aromatic carbocycles. The Morgan fingerprint density at radius 1 is 1.10 bits per heavy atom. The lowest BCUT2D eigenvalue weighted by molar-refractivity contribution is 0.307. The molecule has 29 heavy (non-hydrogen) atoms. The van der Waals surface area contributed by atoms with Gasteiger partial charge < -0.3 is 4.52 Å². The number of sulfonamides is 1.